The Kier molecular flexibility index (Phi) is 4.64. The van der Waals surface area contributed by atoms with Crippen molar-refractivity contribution in [2.75, 3.05) is 0 Å². The molecule has 0 aliphatic carbocycles. The van der Waals surface area contributed by atoms with Crippen LogP contribution >= 0.6 is 0 Å². The lowest BCUT2D eigenvalue weighted by atomic mass is 9.88. The SMILES string of the molecule is Fc1ccc(C(CCc2ccccc2)Cc2c[nH]cn2)cc1. The Bertz CT molecular complexity index is 675. The van der Waals surface area contributed by atoms with Crippen molar-refractivity contribution in [2.24, 2.45) is 0 Å². The Morgan fingerprint density at radius 2 is 1.77 bits per heavy atom. The van der Waals surface area contributed by atoms with Crippen LogP contribution < -0.4 is 0 Å². The number of aromatic nitrogens is 2. The number of halogens is 1. The lowest BCUT2D eigenvalue weighted by Crippen LogP contribution is -2.05. The highest BCUT2D eigenvalue weighted by Gasteiger charge is 2.14. The number of nitrogens with zero attached hydrogens (tertiary/aromatic N) is 1. The van der Waals surface area contributed by atoms with E-state index < -0.39 is 0 Å². The summed E-state index contributed by atoms with van der Waals surface area (Å²) in [6.07, 6.45) is 6.52. The molecule has 0 aliphatic rings. The number of rotatable bonds is 6. The monoisotopic (exact) mass is 294 g/mol. The van der Waals surface area contributed by atoms with Crippen molar-refractivity contribution in [3.8, 4) is 0 Å². The molecule has 0 radical (unpaired) electrons. The fraction of sp³-hybridized carbons (Fsp3) is 0.211. The molecule has 0 bridgehead atoms. The smallest absolute Gasteiger partial charge is 0.123 e. The third-order valence-corrected chi connectivity index (χ3v) is 3.98. The number of benzene rings is 2. The summed E-state index contributed by atoms with van der Waals surface area (Å²) in [5.41, 5.74) is 3.54. The van der Waals surface area contributed by atoms with Crippen LogP contribution in [-0.4, -0.2) is 9.97 Å². The molecule has 1 heterocycles. The van der Waals surface area contributed by atoms with E-state index in [1.165, 1.54) is 23.3 Å². The van der Waals surface area contributed by atoms with Gasteiger partial charge in [-0.15, -0.1) is 0 Å². The quantitative estimate of drug-likeness (QED) is 0.712. The number of nitrogens with one attached hydrogen (secondary N) is 1. The summed E-state index contributed by atoms with van der Waals surface area (Å²) in [5, 5.41) is 0. The molecule has 0 saturated carbocycles. The second kappa shape index (κ2) is 7.03. The van der Waals surface area contributed by atoms with Crippen molar-refractivity contribution in [3.63, 3.8) is 0 Å². The topological polar surface area (TPSA) is 28.7 Å². The maximum absolute atomic E-state index is 13.2. The van der Waals surface area contributed by atoms with Crippen LogP contribution in [0.5, 0.6) is 0 Å². The molecular formula is C19H19FN2. The largest absolute Gasteiger partial charge is 0.351 e. The van der Waals surface area contributed by atoms with Gasteiger partial charge >= 0.3 is 0 Å². The zero-order valence-electron chi connectivity index (χ0n) is 12.4. The van der Waals surface area contributed by atoms with Crippen LogP contribution in [0.1, 0.15) is 29.2 Å². The van der Waals surface area contributed by atoms with Gasteiger partial charge in [0, 0.05) is 6.20 Å². The van der Waals surface area contributed by atoms with Gasteiger partial charge in [-0.3, -0.25) is 0 Å². The first-order valence-corrected chi connectivity index (χ1v) is 7.58. The standard InChI is InChI=1S/C19H19FN2/c20-18-10-8-16(9-11-18)17(12-19-13-21-14-22-19)7-6-15-4-2-1-3-5-15/h1-5,8-11,13-14,17H,6-7,12H2,(H,21,22). The van der Waals surface area contributed by atoms with Crippen molar-refractivity contribution >= 4 is 0 Å². The molecule has 0 amide bonds. The van der Waals surface area contributed by atoms with Crippen LogP contribution in [0.25, 0.3) is 0 Å². The number of H-pyrrole nitrogens is 1. The fourth-order valence-corrected chi connectivity index (χ4v) is 2.76. The summed E-state index contributed by atoms with van der Waals surface area (Å²) < 4.78 is 13.2. The number of hydrogen-bond acceptors (Lipinski definition) is 1. The minimum atomic E-state index is -0.190. The lowest BCUT2D eigenvalue weighted by Gasteiger charge is -2.16. The van der Waals surface area contributed by atoms with Crippen molar-refractivity contribution in [2.45, 2.75) is 25.2 Å². The molecule has 0 saturated heterocycles. The first-order chi connectivity index (χ1) is 10.8. The molecule has 0 fully saturated rings. The van der Waals surface area contributed by atoms with E-state index in [9.17, 15) is 4.39 Å². The summed E-state index contributed by atoms with van der Waals surface area (Å²) in [4.78, 5) is 7.32. The van der Waals surface area contributed by atoms with Crippen LogP contribution in [0.3, 0.4) is 0 Å². The summed E-state index contributed by atoms with van der Waals surface area (Å²) in [6, 6.07) is 17.3. The van der Waals surface area contributed by atoms with Gasteiger partial charge < -0.3 is 4.98 Å². The van der Waals surface area contributed by atoms with Gasteiger partial charge in [-0.05, 0) is 48.4 Å². The summed E-state index contributed by atoms with van der Waals surface area (Å²) in [6.45, 7) is 0. The number of hydrogen-bond donors (Lipinski definition) is 1. The molecule has 2 aromatic carbocycles. The molecule has 1 unspecified atom stereocenters. The second-order valence-electron chi connectivity index (χ2n) is 5.54. The summed E-state index contributed by atoms with van der Waals surface area (Å²) in [5.74, 6) is 0.148. The van der Waals surface area contributed by atoms with Gasteiger partial charge in [0.05, 0.1) is 12.0 Å². The van der Waals surface area contributed by atoms with Gasteiger partial charge in [0.1, 0.15) is 5.82 Å². The molecule has 22 heavy (non-hydrogen) atoms. The molecule has 3 aromatic rings. The van der Waals surface area contributed by atoms with Crippen molar-refractivity contribution < 1.29 is 4.39 Å². The van der Waals surface area contributed by atoms with Gasteiger partial charge in [-0.2, -0.15) is 0 Å². The third kappa shape index (κ3) is 3.82. The average Bonchev–Trinajstić information content (AvgIpc) is 3.06. The van der Waals surface area contributed by atoms with E-state index in [0.29, 0.717) is 5.92 Å². The summed E-state index contributed by atoms with van der Waals surface area (Å²) in [7, 11) is 0. The Balaban J connectivity index is 1.75. The maximum atomic E-state index is 13.2. The Morgan fingerprint density at radius 3 is 2.45 bits per heavy atom. The van der Waals surface area contributed by atoms with Crippen LogP contribution in [0.4, 0.5) is 4.39 Å². The normalized spacial score (nSPS) is 12.2. The highest BCUT2D eigenvalue weighted by Crippen LogP contribution is 2.25. The van der Waals surface area contributed by atoms with E-state index in [1.807, 2.05) is 24.4 Å². The Hall–Kier alpha value is -2.42. The first kappa shape index (κ1) is 14.5. The molecule has 1 N–H and O–H groups in total. The fourth-order valence-electron chi connectivity index (χ4n) is 2.76. The predicted molar refractivity (Wildman–Crippen MR) is 86.2 cm³/mol. The van der Waals surface area contributed by atoms with Gasteiger partial charge in [-0.1, -0.05) is 42.5 Å². The molecule has 3 heteroatoms. The number of aryl methyl sites for hydroxylation is 1. The van der Waals surface area contributed by atoms with Gasteiger partial charge in [0.2, 0.25) is 0 Å². The van der Waals surface area contributed by atoms with E-state index in [0.717, 1.165) is 25.0 Å². The molecule has 2 nitrogen and oxygen atoms in total. The molecule has 1 atom stereocenters. The zero-order chi connectivity index (χ0) is 15.2. The van der Waals surface area contributed by atoms with Gasteiger partial charge in [0.15, 0.2) is 0 Å². The van der Waals surface area contributed by atoms with Crippen LogP contribution in [-0.2, 0) is 12.8 Å². The Labute approximate surface area is 130 Å². The van der Waals surface area contributed by atoms with Gasteiger partial charge in [-0.25, -0.2) is 9.37 Å². The van der Waals surface area contributed by atoms with E-state index in [4.69, 9.17) is 0 Å². The number of aromatic amines is 1. The molecule has 0 spiro atoms. The minimum Gasteiger partial charge on any atom is -0.351 e. The van der Waals surface area contributed by atoms with Crippen LogP contribution in [0.15, 0.2) is 67.1 Å². The first-order valence-electron chi connectivity index (χ1n) is 7.58. The lowest BCUT2D eigenvalue weighted by molar-refractivity contribution is 0.604. The van der Waals surface area contributed by atoms with Crippen LogP contribution in [0.2, 0.25) is 0 Å². The van der Waals surface area contributed by atoms with Crippen molar-refractivity contribution in [3.05, 3.63) is 89.8 Å². The zero-order valence-corrected chi connectivity index (χ0v) is 12.4. The molecular weight excluding hydrogens is 275 g/mol. The number of imidazole rings is 1. The molecule has 112 valence electrons. The van der Waals surface area contributed by atoms with E-state index in [2.05, 4.69) is 34.2 Å². The van der Waals surface area contributed by atoms with Crippen molar-refractivity contribution in [1.29, 1.82) is 0 Å². The van der Waals surface area contributed by atoms with E-state index >= 15 is 0 Å². The summed E-state index contributed by atoms with van der Waals surface area (Å²) >= 11 is 0. The molecule has 1 aromatic heterocycles. The highest BCUT2D eigenvalue weighted by atomic mass is 19.1. The molecule has 3 rings (SSSR count). The second-order valence-corrected chi connectivity index (χ2v) is 5.54. The highest BCUT2D eigenvalue weighted by molar-refractivity contribution is 5.23. The third-order valence-electron chi connectivity index (χ3n) is 3.98. The molecule has 0 aliphatic heterocycles. The Morgan fingerprint density at radius 1 is 1.00 bits per heavy atom. The predicted octanol–water partition coefficient (Wildman–Crippen LogP) is 4.51. The van der Waals surface area contributed by atoms with Gasteiger partial charge in [0.25, 0.3) is 0 Å². The average molecular weight is 294 g/mol. The van der Waals surface area contributed by atoms with Crippen LogP contribution in [0, 0.1) is 5.82 Å². The van der Waals surface area contributed by atoms with E-state index in [-0.39, 0.29) is 5.82 Å². The minimum absolute atomic E-state index is 0.190. The van der Waals surface area contributed by atoms with Crippen molar-refractivity contribution in [1.82, 2.24) is 9.97 Å². The maximum Gasteiger partial charge on any atom is 0.123 e. The van der Waals surface area contributed by atoms with E-state index in [1.54, 1.807) is 6.33 Å².